The molecule has 1 atom stereocenters. The fourth-order valence-electron chi connectivity index (χ4n) is 2.29. The quantitative estimate of drug-likeness (QED) is 0.855. The van der Waals surface area contributed by atoms with Crippen molar-refractivity contribution in [1.82, 2.24) is 20.1 Å². The fraction of sp³-hybridized carbons (Fsp3) is 0.471. The third-order valence-electron chi connectivity index (χ3n) is 3.68. The number of hydrogen-bond acceptors (Lipinski definition) is 4. The molecule has 0 aliphatic rings. The third-order valence-corrected chi connectivity index (χ3v) is 3.68. The second kappa shape index (κ2) is 7.37. The molecule has 2 rings (SSSR count). The van der Waals surface area contributed by atoms with Crippen molar-refractivity contribution in [3.05, 3.63) is 41.5 Å². The van der Waals surface area contributed by atoms with Crippen LogP contribution in [0.15, 0.2) is 24.3 Å². The van der Waals surface area contributed by atoms with Crippen LogP contribution < -0.4 is 5.32 Å². The number of aliphatic hydroxyl groups excluding tert-OH is 1. The normalized spacial score (nSPS) is 12.4. The van der Waals surface area contributed by atoms with Gasteiger partial charge in [-0.05, 0) is 30.4 Å². The van der Waals surface area contributed by atoms with Gasteiger partial charge in [-0.2, -0.15) is 0 Å². The van der Waals surface area contributed by atoms with Crippen molar-refractivity contribution in [2.45, 2.75) is 33.6 Å². The van der Waals surface area contributed by atoms with Crippen molar-refractivity contribution in [3.63, 3.8) is 0 Å². The predicted molar refractivity (Wildman–Crippen MR) is 88.8 cm³/mol. The molecule has 0 aliphatic carbocycles. The average molecular weight is 316 g/mol. The Labute approximate surface area is 136 Å². The first-order chi connectivity index (χ1) is 10.9. The highest BCUT2D eigenvalue weighted by Crippen LogP contribution is 2.23. The zero-order valence-corrected chi connectivity index (χ0v) is 14.1. The molecule has 1 aromatic heterocycles. The molecule has 1 unspecified atom stereocenters. The lowest BCUT2D eigenvalue weighted by Gasteiger charge is -2.12. The second-order valence-corrected chi connectivity index (χ2v) is 6.11. The van der Waals surface area contributed by atoms with E-state index in [2.05, 4.69) is 35.3 Å². The van der Waals surface area contributed by atoms with Gasteiger partial charge in [0.2, 0.25) is 5.82 Å². The lowest BCUT2D eigenvalue weighted by molar-refractivity contribution is 0.0932. The molecule has 6 nitrogen and oxygen atoms in total. The molecule has 23 heavy (non-hydrogen) atoms. The van der Waals surface area contributed by atoms with E-state index in [0.717, 1.165) is 11.3 Å². The molecule has 124 valence electrons. The largest absolute Gasteiger partial charge is 0.396 e. The van der Waals surface area contributed by atoms with Crippen molar-refractivity contribution < 1.29 is 9.90 Å². The van der Waals surface area contributed by atoms with E-state index < -0.39 is 0 Å². The number of hydrogen-bond donors (Lipinski definition) is 2. The van der Waals surface area contributed by atoms with Crippen molar-refractivity contribution >= 4 is 5.91 Å². The number of aryl methyl sites for hydroxylation is 1. The highest BCUT2D eigenvalue weighted by molar-refractivity contribution is 5.90. The zero-order chi connectivity index (χ0) is 17.0. The van der Waals surface area contributed by atoms with E-state index in [1.165, 1.54) is 0 Å². The van der Waals surface area contributed by atoms with Gasteiger partial charge < -0.3 is 10.4 Å². The maximum Gasteiger partial charge on any atom is 0.290 e. The molecule has 0 bridgehead atoms. The summed E-state index contributed by atoms with van der Waals surface area (Å²) in [5, 5.41) is 16.1. The van der Waals surface area contributed by atoms with Crippen LogP contribution in [-0.4, -0.2) is 38.9 Å². The molecule has 1 amide bonds. The van der Waals surface area contributed by atoms with Crippen LogP contribution >= 0.6 is 0 Å². The third kappa shape index (κ3) is 3.96. The molecular formula is C17H24N4O2. The molecule has 0 saturated heterocycles. The summed E-state index contributed by atoms with van der Waals surface area (Å²) in [6, 6.07) is 7.98. The summed E-state index contributed by atoms with van der Waals surface area (Å²) in [6.07, 6.45) is 0. The molecule has 0 fully saturated rings. The minimum atomic E-state index is -0.325. The van der Waals surface area contributed by atoms with Crippen molar-refractivity contribution in [2.75, 3.05) is 13.2 Å². The number of carbonyl (C=O) groups is 1. The van der Waals surface area contributed by atoms with Gasteiger partial charge in [-0.3, -0.25) is 4.79 Å². The van der Waals surface area contributed by atoms with Gasteiger partial charge in [-0.25, -0.2) is 9.67 Å². The molecule has 2 N–H and O–H groups in total. The smallest absolute Gasteiger partial charge is 0.290 e. The Morgan fingerprint density at radius 2 is 2.00 bits per heavy atom. The SMILES string of the molecule is Cc1nc(C(=O)NCC(C)CO)nn1-c1ccccc1C(C)C. The Morgan fingerprint density at radius 3 is 2.65 bits per heavy atom. The number of benzene rings is 1. The van der Waals surface area contributed by atoms with Crippen LogP contribution in [0, 0.1) is 12.8 Å². The molecule has 0 aliphatic heterocycles. The first-order valence-electron chi connectivity index (χ1n) is 7.86. The second-order valence-electron chi connectivity index (χ2n) is 6.11. The minimum Gasteiger partial charge on any atom is -0.396 e. The number of nitrogens with zero attached hydrogens (tertiary/aromatic N) is 3. The number of aromatic nitrogens is 3. The molecule has 1 heterocycles. The summed E-state index contributed by atoms with van der Waals surface area (Å²) in [6.45, 7) is 8.35. The van der Waals surface area contributed by atoms with Crippen LogP contribution in [-0.2, 0) is 0 Å². The topological polar surface area (TPSA) is 80.0 Å². The molecule has 1 aromatic carbocycles. The van der Waals surface area contributed by atoms with E-state index in [4.69, 9.17) is 5.11 Å². The van der Waals surface area contributed by atoms with Gasteiger partial charge in [0.25, 0.3) is 5.91 Å². The van der Waals surface area contributed by atoms with Gasteiger partial charge in [-0.1, -0.05) is 39.0 Å². The lowest BCUT2D eigenvalue weighted by Crippen LogP contribution is -2.30. The highest BCUT2D eigenvalue weighted by atomic mass is 16.3. The Hall–Kier alpha value is -2.21. The van der Waals surface area contributed by atoms with E-state index in [0.29, 0.717) is 18.3 Å². The average Bonchev–Trinajstić information content (AvgIpc) is 2.93. The maximum absolute atomic E-state index is 12.1. The van der Waals surface area contributed by atoms with E-state index in [1.54, 1.807) is 4.68 Å². The number of aliphatic hydroxyl groups is 1. The first-order valence-corrected chi connectivity index (χ1v) is 7.86. The maximum atomic E-state index is 12.1. The van der Waals surface area contributed by atoms with Gasteiger partial charge >= 0.3 is 0 Å². The number of para-hydroxylation sites is 1. The van der Waals surface area contributed by atoms with Crippen molar-refractivity contribution in [3.8, 4) is 5.69 Å². The fourth-order valence-corrected chi connectivity index (χ4v) is 2.29. The molecule has 0 saturated carbocycles. The Bertz CT molecular complexity index is 679. The van der Waals surface area contributed by atoms with Crippen LogP contribution in [0.1, 0.15) is 48.7 Å². The summed E-state index contributed by atoms with van der Waals surface area (Å²) in [4.78, 5) is 16.4. The number of amides is 1. The summed E-state index contributed by atoms with van der Waals surface area (Å²) in [5.74, 6) is 0.833. The molecule has 0 spiro atoms. The van der Waals surface area contributed by atoms with Gasteiger partial charge in [0.1, 0.15) is 5.82 Å². The summed E-state index contributed by atoms with van der Waals surface area (Å²) in [7, 11) is 0. The summed E-state index contributed by atoms with van der Waals surface area (Å²) < 4.78 is 1.71. The summed E-state index contributed by atoms with van der Waals surface area (Å²) in [5.41, 5.74) is 2.09. The van der Waals surface area contributed by atoms with Crippen LogP contribution in [0.5, 0.6) is 0 Å². The predicted octanol–water partition coefficient (Wildman–Crippen LogP) is 2.06. The Balaban J connectivity index is 2.27. The Kier molecular flexibility index (Phi) is 5.50. The Morgan fingerprint density at radius 1 is 1.30 bits per heavy atom. The van der Waals surface area contributed by atoms with Crippen LogP contribution in [0.4, 0.5) is 0 Å². The highest BCUT2D eigenvalue weighted by Gasteiger charge is 2.17. The zero-order valence-electron chi connectivity index (χ0n) is 14.1. The lowest BCUT2D eigenvalue weighted by atomic mass is 10.0. The molecular weight excluding hydrogens is 292 g/mol. The van der Waals surface area contributed by atoms with E-state index >= 15 is 0 Å². The molecule has 2 aromatic rings. The molecule has 6 heteroatoms. The minimum absolute atomic E-state index is 0.00352. The van der Waals surface area contributed by atoms with Gasteiger partial charge in [0.15, 0.2) is 0 Å². The van der Waals surface area contributed by atoms with E-state index in [9.17, 15) is 4.79 Å². The molecule has 0 radical (unpaired) electrons. The standard InChI is InChI=1S/C17H24N4O2/c1-11(2)14-7-5-6-8-15(14)21-13(4)19-16(20-21)17(23)18-9-12(3)10-22/h5-8,11-12,22H,9-10H2,1-4H3,(H,18,23). The number of rotatable bonds is 6. The van der Waals surface area contributed by atoms with E-state index in [-0.39, 0.29) is 24.3 Å². The monoisotopic (exact) mass is 316 g/mol. The van der Waals surface area contributed by atoms with Crippen molar-refractivity contribution in [2.24, 2.45) is 5.92 Å². The van der Waals surface area contributed by atoms with Crippen molar-refractivity contribution in [1.29, 1.82) is 0 Å². The first kappa shape index (κ1) is 17.1. The van der Waals surface area contributed by atoms with Gasteiger partial charge in [-0.15, -0.1) is 5.10 Å². The van der Waals surface area contributed by atoms with Gasteiger partial charge in [0, 0.05) is 13.2 Å². The van der Waals surface area contributed by atoms with Crippen LogP contribution in [0.25, 0.3) is 5.69 Å². The van der Waals surface area contributed by atoms with Crippen LogP contribution in [0.2, 0.25) is 0 Å². The van der Waals surface area contributed by atoms with Gasteiger partial charge in [0.05, 0.1) is 5.69 Å². The number of carbonyl (C=O) groups excluding carboxylic acids is 1. The number of nitrogens with one attached hydrogen (secondary N) is 1. The summed E-state index contributed by atoms with van der Waals surface area (Å²) >= 11 is 0. The van der Waals surface area contributed by atoms with E-state index in [1.807, 2.05) is 32.0 Å². The van der Waals surface area contributed by atoms with Crippen LogP contribution in [0.3, 0.4) is 0 Å².